The minimum atomic E-state index is 0.623. The maximum Gasteiger partial charge on any atom is 0.214 e. The summed E-state index contributed by atoms with van der Waals surface area (Å²) in [6.45, 7) is 5.01. The van der Waals surface area contributed by atoms with Crippen LogP contribution >= 0.6 is 24.0 Å². The van der Waals surface area contributed by atoms with E-state index in [1.54, 1.807) is 22.5 Å². The van der Waals surface area contributed by atoms with Gasteiger partial charge < -0.3 is 10.6 Å². The molecule has 1 heterocycles. The second-order valence-corrected chi connectivity index (χ2v) is 5.45. The van der Waals surface area contributed by atoms with Gasteiger partial charge in [-0.3, -0.25) is 0 Å². The fourth-order valence-corrected chi connectivity index (χ4v) is 2.46. The first-order valence-electron chi connectivity index (χ1n) is 6.40. The molecule has 0 saturated carbocycles. The van der Waals surface area contributed by atoms with Gasteiger partial charge >= 0.3 is 0 Å². The van der Waals surface area contributed by atoms with Crippen molar-refractivity contribution in [2.75, 3.05) is 18.8 Å². The smallest absolute Gasteiger partial charge is 0.214 e. The number of hydrogen-bond acceptors (Lipinski definition) is 5. The number of rotatable bonds is 7. The highest BCUT2D eigenvalue weighted by atomic mass is 32.2. The van der Waals surface area contributed by atoms with E-state index in [1.807, 2.05) is 30.3 Å². The minimum absolute atomic E-state index is 0.623. The summed E-state index contributed by atoms with van der Waals surface area (Å²) in [6, 6.07) is 9.80. The molecule has 110 valence electrons. The largest absolute Gasteiger partial charge is 0.362 e. The van der Waals surface area contributed by atoms with Crippen molar-refractivity contribution >= 4 is 29.1 Å². The average molecular weight is 320 g/mol. The zero-order valence-corrected chi connectivity index (χ0v) is 13.0. The molecule has 0 aliphatic rings. The monoisotopic (exact) mass is 320 g/mol. The van der Waals surface area contributed by atoms with Gasteiger partial charge in [-0.05, 0) is 34.8 Å². The van der Waals surface area contributed by atoms with E-state index < -0.39 is 0 Å². The Morgan fingerprint density at radius 2 is 2.14 bits per heavy atom. The van der Waals surface area contributed by atoms with E-state index in [1.165, 1.54) is 0 Å². The molecule has 0 atom stereocenters. The van der Waals surface area contributed by atoms with Crippen molar-refractivity contribution in [1.29, 1.82) is 0 Å². The van der Waals surface area contributed by atoms with E-state index in [-0.39, 0.29) is 0 Å². The predicted octanol–water partition coefficient (Wildman–Crippen LogP) is 1.40. The van der Waals surface area contributed by atoms with Gasteiger partial charge in [-0.25, -0.2) is 0 Å². The van der Waals surface area contributed by atoms with E-state index in [0.29, 0.717) is 11.7 Å². The zero-order valence-electron chi connectivity index (χ0n) is 11.4. The van der Waals surface area contributed by atoms with Crippen molar-refractivity contribution in [3.05, 3.63) is 43.0 Å². The Labute approximate surface area is 133 Å². The summed E-state index contributed by atoms with van der Waals surface area (Å²) in [5, 5.41) is 19.3. The number of thioether (sulfide) groups is 1. The number of thiocarbonyl (C=S) groups is 1. The fraction of sp³-hybridized carbons (Fsp3) is 0.231. The lowest BCUT2D eigenvalue weighted by Gasteiger charge is -2.08. The summed E-state index contributed by atoms with van der Waals surface area (Å²) in [7, 11) is 0. The molecule has 0 fully saturated rings. The molecule has 0 bridgehead atoms. The molecule has 0 aliphatic carbocycles. The van der Waals surface area contributed by atoms with Crippen LogP contribution in [0.1, 0.15) is 0 Å². The summed E-state index contributed by atoms with van der Waals surface area (Å²) < 4.78 is 1.72. The van der Waals surface area contributed by atoms with Gasteiger partial charge in [-0.15, -0.1) is 11.7 Å². The lowest BCUT2D eigenvalue weighted by molar-refractivity contribution is 0.756. The summed E-state index contributed by atoms with van der Waals surface area (Å²) in [6.07, 6.45) is 1.76. The van der Waals surface area contributed by atoms with Crippen molar-refractivity contribution in [2.45, 2.75) is 5.16 Å². The second kappa shape index (κ2) is 8.38. The molecule has 2 N–H and O–H groups in total. The standard InChI is InChI=1S/C13H16N6S2/c1-2-8-14-12(20)15-9-10-21-13-16-17-18-19(13)11-6-4-3-5-7-11/h2-7H,1,8-10H2,(H2,14,15,20). The topological polar surface area (TPSA) is 67.7 Å². The predicted molar refractivity (Wildman–Crippen MR) is 88.7 cm³/mol. The fourth-order valence-electron chi connectivity index (χ4n) is 1.53. The van der Waals surface area contributed by atoms with Crippen LogP contribution in [0, 0.1) is 0 Å². The summed E-state index contributed by atoms with van der Waals surface area (Å²) >= 11 is 6.68. The Balaban J connectivity index is 1.81. The molecule has 6 nitrogen and oxygen atoms in total. The average Bonchev–Trinajstić information content (AvgIpc) is 2.99. The highest BCUT2D eigenvalue weighted by molar-refractivity contribution is 7.99. The second-order valence-electron chi connectivity index (χ2n) is 3.98. The molecular weight excluding hydrogens is 304 g/mol. The molecule has 0 radical (unpaired) electrons. The zero-order chi connectivity index (χ0) is 14.9. The molecule has 0 amide bonds. The molecule has 0 unspecified atom stereocenters. The first-order valence-corrected chi connectivity index (χ1v) is 7.80. The van der Waals surface area contributed by atoms with Crippen molar-refractivity contribution in [1.82, 2.24) is 30.8 Å². The Bertz CT molecular complexity index is 583. The molecule has 8 heteroatoms. The number of aromatic nitrogens is 4. The quantitative estimate of drug-likeness (QED) is 0.346. The molecule has 2 aromatic rings. The van der Waals surface area contributed by atoms with Crippen LogP contribution in [0.3, 0.4) is 0 Å². The van der Waals surface area contributed by atoms with Gasteiger partial charge in [-0.2, -0.15) is 4.68 Å². The first-order chi connectivity index (χ1) is 10.3. The van der Waals surface area contributed by atoms with Crippen molar-refractivity contribution < 1.29 is 0 Å². The molecule has 2 rings (SSSR count). The van der Waals surface area contributed by atoms with Gasteiger partial charge in [-0.1, -0.05) is 36.0 Å². The Hall–Kier alpha value is -1.93. The molecule has 0 saturated heterocycles. The third kappa shape index (κ3) is 4.83. The van der Waals surface area contributed by atoms with Crippen LogP contribution in [0.15, 0.2) is 48.1 Å². The van der Waals surface area contributed by atoms with E-state index in [4.69, 9.17) is 12.2 Å². The number of nitrogens with zero attached hydrogens (tertiary/aromatic N) is 4. The lowest BCUT2D eigenvalue weighted by atomic mass is 10.3. The van der Waals surface area contributed by atoms with Gasteiger partial charge in [0.25, 0.3) is 0 Å². The number of benzene rings is 1. The number of hydrogen-bond donors (Lipinski definition) is 2. The van der Waals surface area contributed by atoms with Crippen molar-refractivity contribution in [3.8, 4) is 5.69 Å². The van der Waals surface area contributed by atoms with E-state index in [2.05, 4.69) is 32.7 Å². The highest BCUT2D eigenvalue weighted by Gasteiger charge is 2.08. The molecule has 1 aromatic carbocycles. The lowest BCUT2D eigenvalue weighted by Crippen LogP contribution is -2.36. The Kier molecular flexibility index (Phi) is 6.17. The Morgan fingerprint density at radius 3 is 2.90 bits per heavy atom. The normalized spacial score (nSPS) is 10.1. The van der Waals surface area contributed by atoms with Crippen LogP contribution in [0.5, 0.6) is 0 Å². The van der Waals surface area contributed by atoms with Gasteiger partial charge in [0.05, 0.1) is 5.69 Å². The maximum absolute atomic E-state index is 5.11. The van der Waals surface area contributed by atoms with Gasteiger partial charge in [0.1, 0.15) is 0 Å². The first kappa shape index (κ1) is 15.5. The van der Waals surface area contributed by atoms with Crippen LogP contribution in [-0.2, 0) is 0 Å². The summed E-state index contributed by atoms with van der Waals surface area (Å²) in [4.78, 5) is 0. The van der Waals surface area contributed by atoms with Gasteiger partial charge in [0.15, 0.2) is 5.11 Å². The number of nitrogens with one attached hydrogen (secondary N) is 2. The molecule has 21 heavy (non-hydrogen) atoms. The molecule has 1 aromatic heterocycles. The third-order valence-electron chi connectivity index (χ3n) is 2.47. The van der Waals surface area contributed by atoms with Crippen molar-refractivity contribution in [3.63, 3.8) is 0 Å². The van der Waals surface area contributed by atoms with Crippen LogP contribution in [0.4, 0.5) is 0 Å². The number of para-hydroxylation sites is 1. The van der Waals surface area contributed by atoms with Crippen LogP contribution < -0.4 is 10.6 Å². The van der Waals surface area contributed by atoms with E-state index in [0.717, 1.165) is 23.1 Å². The van der Waals surface area contributed by atoms with Crippen LogP contribution in [-0.4, -0.2) is 44.2 Å². The van der Waals surface area contributed by atoms with Gasteiger partial charge in [0, 0.05) is 18.8 Å². The number of tetrazole rings is 1. The SMILES string of the molecule is C=CCNC(=S)NCCSc1nnnn1-c1ccccc1. The summed E-state index contributed by atoms with van der Waals surface area (Å²) in [5.41, 5.74) is 0.945. The van der Waals surface area contributed by atoms with Crippen LogP contribution in [0.25, 0.3) is 5.69 Å². The van der Waals surface area contributed by atoms with Crippen LogP contribution in [0.2, 0.25) is 0 Å². The molecule has 0 aliphatic heterocycles. The summed E-state index contributed by atoms with van der Waals surface area (Å²) in [5.74, 6) is 0.809. The van der Waals surface area contributed by atoms with E-state index in [9.17, 15) is 0 Å². The van der Waals surface area contributed by atoms with Crippen molar-refractivity contribution in [2.24, 2.45) is 0 Å². The minimum Gasteiger partial charge on any atom is -0.362 e. The maximum atomic E-state index is 5.11. The van der Waals surface area contributed by atoms with E-state index >= 15 is 0 Å². The third-order valence-corrected chi connectivity index (χ3v) is 3.68. The highest BCUT2D eigenvalue weighted by Crippen LogP contribution is 2.16. The van der Waals surface area contributed by atoms with Gasteiger partial charge in [0.2, 0.25) is 5.16 Å². The Morgan fingerprint density at radius 1 is 1.33 bits per heavy atom. The molecule has 0 spiro atoms. The molecular formula is C13H16N6S2.